The van der Waals surface area contributed by atoms with E-state index in [1.807, 2.05) is 6.92 Å². The van der Waals surface area contributed by atoms with Crippen LogP contribution in [-0.4, -0.2) is 31.8 Å². The van der Waals surface area contributed by atoms with E-state index in [1.165, 1.54) is 0 Å². The number of nitrogens with two attached hydrogens (primary N) is 1. The first-order chi connectivity index (χ1) is 6.08. The Morgan fingerprint density at radius 1 is 1.38 bits per heavy atom. The number of rotatable bonds is 7. The second-order valence-corrected chi connectivity index (χ2v) is 3.75. The third-order valence-corrected chi connectivity index (χ3v) is 2.72. The van der Waals surface area contributed by atoms with Gasteiger partial charge in [0.15, 0.2) is 0 Å². The highest BCUT2D eigenvalue weighted by Gasteiger charge is 2.19. The van der Waals surface area contributed by atoms with Gasteiger partial charge in [0.1, 0.15) is 0 Å². The van der Waals surface area contributed by atoms with Crippen molar-refractivity contribution in [3.63, 3.8) is 0 Å². The van der Waals surface area contributed by atoms with Gasteiger partial charge in [0.2, 0.25) is 0 Å². The van der Waals surface area contributed by atoms with E-state index < -0.39 is 0 Å². The van der Waals surface area contributed by atoms with Crippen LogP contribution in [0.5, 0.6) is 0 Å². The molecule has 0 bridgehead atoms. The average molecular weight is 188 g/mol. The third kappa shape index (κ3) is 5.24. The monoisotopic (exact) mass is 188 g/mol. The van der Waals surface area contributed by atoms with Gasteiger partial charge in [-0.25, -0.2) is 0 Å². The SMILES string of the molecule is CCC(N)(CC)CNCC(C)OC. The fraction of sp³-hybridized carbons (Fsp3) is 1.00. The Kier molecular flexibility index (Phi) is 6.29. The van der Waals surface area contributed by atoms with Crippen LogP contribution in [0.2, 0.25) is 0 Å². The van der Waals surface area contributed by atoms with Gasteiger partial charge in [0.25, 0.3) is 0 Å². The zero-order chi connectivity index (χ0) is 10.3. The summed E-state index contributed by atoms with van der Waals surface area (Å²) >= 11 is 0. The maximum atomic E-state index is 6.12. The van der Waals surface area contributed by atoms with Crippen molar-refractivity contribution in [3.8, 4) is 0 Å². The molecule has 0 amide bonds. The van der Waals surface area contributed by atoms with Crippen LogP contribution >= 0.6 is 0 Å². The Balaban J connectivity index is 3.61. The number of hydrogen-bond donors (Lipinski definition) is 2. The van der Waals surface area contributed by atoms with E-state index in [4.69, 9.17) is 10.5 Å². The molecule has 0 saturated heterocycles. The second-order valence-electron chi connectivity index (χ2n) is 3.75. The summed E-state index contributed by atoms with van der Waals surface area (Å²) in [5, 5.41) is 3.33. The highest BCUT2D eigenvalue weighted by atomic mass is 16.5. The van der Waals surface area contributed by atoms with Crippen LogP contribution < -0.4 is 11.1 Å². The molecule has 0 rings (SSSR count). The molecule has 0 aliphatic heterocycles. The van der Waals surface area contributed by atoms with Crippen LogP contribution in [0.25, 0.3) is 0 Å². The van der Waals surface area contributed by atoms with Crippen LogP contribution in [0.1, 0.15) is 33.6 Å². The molecule has 0 fully saturated rings. The molecule has 0 aromatic heterocycles. The van der Waals surface area contributed by atoms with E-state index in [9.17, 15) is 0 Å². The van der Waals surface area contributed by atoms with E-state index in [2.05, 4.69) is 19.2 Å². The van der Waals surface area contributed by atoms with Gasteiger partial charge in [-0.05, 0) is 19.8 Å². The van der Waals surface area contributed by atoms with Gasteiger partial charge < -0.3 is 15.8 Å². The fourth-order valence-corrected chi connectivity index (χ4v) is 1.11. The number of ether oxygens (including phenoxy) is 1. The van der Waals surface area contributed by atoms with Crippen molar-refractivity contribution in [3.05, 3.63) is 0 Å². The summed E-state index contributed by atoms with van der Waals surface area (Å²) in [5.41, 5.74) is 6.07. The maximum Gasteiger partial charge on any atom is 0.0667 e. The molecule has 13 heavy (non-hydrogen) atoms. The largest absolute Gasteiger partial charge is 0.380 e. The van der Waals surface area contributed by atoms with Crippen LogP contribution in [0.15, 0.2) is 0 Å². The predicted octanol–water partition coefficient (Wildman–Crippen LogP) is 1.13. The summed E-state index contributed by atoms with van der Waals surface area (Å²) in [7, 11) is 1.72. The molecule has 0 aromatic carbocycles. The number of methoxy groups -OCH3 is 1. The second kappa shape index (κ2) is 6.35. The summed E-state index contributed by atoms with van der Waals surface area (Å²) in [6.45, 7) is 8.04. The first kappa shape index (κ1) is 12.9. The maximum absolute atomic E-state index is 6.12. The quantitative estimate of drug-likeness (QED) is 0.629. The van der Waals surface area contributed by atoms with Gasteiger partial charge in [-0.3, -0.25) is 0 Å². The van der Waals surface area contributed by atoms with Crippen molar-refractivity contribution in [2.24, 2.45) is 5.73 Å². The number of nitrogens with one attached hydrogen (secondary N) is 1. The average Bonchev–Trinajstić information content (AvgIpc) is 2.17. The van der Waals surface area contributed by atoms with E-state index >= 15 is 0 Å². The molecule has 80 valence electrons. The molecule has 1 unspecified atom stereocenters. The third-order valence-electron chi connectivity index (χ3n) is 2.72. The topological polar surface area (TPSA) is 47.3 Å². The minimum absolute atomic E-state index is 0.0482. The van der Waals surface area contributed by atoms with Crippen molar-refractivity contribution < 1.29 is 4.74 Å². The van der Waals surface area contributed by atoms with Crippen molar-refractivity contribution >= 4 is 0 Å². The lowest BCUT2D eigenvalue weighted by atomic mass is 9.94. The van der Waals surface area contributed by atoms with Crippen LogP contribution in [0, 0.1) is 0 Å². The van der Waals surface area contributed by atoms with Crippen LogP contribution in [0.3, 0.4) is 0 Å². The summed E-state index contributed by atoms with van der Waals surface area (Å²) in [4.78, 5) is 0. The Bertz CT molecular complexity index is 124. The van der Waals surface area contributed by atoms with Crippen LogP contribution in [-0.2, 0) is 4.74 Å². The summed E-state index contributed by atoms with van der Waals surface area (Å²) in [6.07, 6.45) is 2.29. The molecule has 0 aromatic rings. The molecule has 1 atom stereocenters. The lowest BCUT2D eigenvalue weighted by Crippen LogP contribution is -2.49. The normalized spacial score (nSPS) is 14.5. The molecular weight excluding hydrogens is 164 g/mol. The molecule has 3 N–H and O–H groups in total. The van der Waals surface area contributed by atoms with Gasteiger partial charge in [0.05, 0.1) is 6.10 Å². The van der Waals surface area contributed by atoms with E-state index in [1.54, 1.807) is 7.11 Å². The first-order valence-electron chi connectivity index (χ1n) is 5.10. The van der Waals surface area contributed by atoms with E-state index in [0.29, 0.717) is 0 Å². The lowest BCUT2D eigenvalue weighted by Gasteiger charge is -2.27. The molecule has 0 aliphatic rings. The van der Waals surface area contributed by atoms with Crippen molar-refractivity contribution in [1.82, 2.24) is 5.32 Å². The highest BCUT2D eigenvalue weighted by molar-refractivity contribution is 4.83. The number of hydrogen-bond acceptors (Lipinski definition) is 3. The summed E-state index contributed by atoms with van der Waals surface area (Å²) in [5.74, 6) is 0. The highest BCUT2D eigenvalue weighted by Crippen LogP contribution is 2.09. The van der Waals surface area contributed by atoms with Gasteiger partial charge in [-0.1, -0.05) is 13.8 Å². The van der Waals surface area contributed by atoms with Gasteiger partial charge in [-0.2, -0.15) is 0 Å². The van der Waals surface area contributed by atoms with Crippen molar-refractivity contribution in [2.75, 3.05) is 20.2 Å². The molecule has 0 saturated carbocycles. The van der Waals surface area contributed by atoms with Crippen molar-refractivity contribution in [2.45, 2.75) is 45.3 Å². The Labute approximate surface area is 82.0 Å². The summed E-state index contributed by atoms with van der Waals surface area (Å²) in [6, 6.07) is 0. The first-order valence-corrected chi connectivity index (χ1v) is 5.10. The zero-order valence-electron chi connectivity index (χ0n) is 9.39. The van der Waals surface area contributed by atoms with Crippen molar-refractivity contribution in [1.29, 1.82) is 0 Å². The minimum Gasteiger partial charge on any atom is -0.380 e. The molecule has 3 nitrogen and oxygen atoms in total. The van der Waals surface area contributed by atoms with Gasteiger partial charge >= 0.3 is 0 Å². The molecule has 0 aliphatic carbocycles. The van der Waals surface area contributed by atoms with E-state index in [0.717, 1.165) is 25.9 Å². The Morgan fingerprint density at radius 2 is 1.92 bits per heavy atom. The molecule has 0 spiro atoms. The van der Waals surface area contributed by atoms with Gasteiger partial charge in [-0.15, -0.1) is 0 Å². The van der Waals surface area contributed by atoms with Crippen LogP contribution in [0.4, 0.5) is 0 Å². The smallest absolute Gasteiger partial charge is 0.0667 e. The molecular formula is C10H24N2O. The lowest BCUT2D eigenvalue weighted by molar-refractivity contribution is 0.115. The van der Waals surface area contributed by atoms with E-state index in [-0.39, 0.29) is 11.6 Å². The fourth-order valence-electron chi connectivity index (χ4n) is 1.11. The summed E-state index contributed by atoms with van der Waals surface area (Å²) < 4.78 is 5.13. The van der Waals surface area contributed by atoms with Gasteiger partial charge in [0, 0.05) is 25.7 Å². The predicted molar refractivity (Wildman–Crippen MR) is 56.8 cm³/mol. The Hall–Kier alpha value is -0.120. The zero-order valence-corrected chi connectivity index (χ0v) is 9.39. The standard InChI is InChI=1S/C10H24N2O/c1-5-10(11,6-2)8-12-7-9(3)13-4/h9,12H,5-8,11H2,1-4H3. The molecule has 0 heterocycles. The molecule has 0 radical (unpaired) electrons. The molecule has 3 heteroatoms. The Morgan fingerprint density at radius 3 is 2.31 bits per heavy atom. The minimum atomic E-state index is -0.0482.